The molecule has 0 aliphatic carbocycles. The molecule has 0 bridgehead atoms. The van der Waals surface area contributed by atoms with Crippen LogP contribution < -0.4 is 0 Å². The molecule has 0 radical (unpaired) electrons. The van der Waals surface area contributed by atoms with Crippen LogP contribution in [0.2, 0.25) is 19.6 Å². The summed E-state index contributed by atoms with van der Waals surface area (Å²) in [5, 5.41) is -0.413. The first kappa shape index (κ1) is 9.33. The molecule has 4 heteroatoms. The van der Waals surface area contributed by atoms with Crippen LogP contribution in [0.5, 0.6) is 0 Å². The van der Waals surface area contributed by atoms with E-state index in [1.807, 2.05) is 19.6 Å². The molecule has 1 unspecified atom stereocenters. The van der Waals surface area contributed by atoms with Crippen LogP contribution in [0.3, 0.4) is 0 Å². The third kappa shape index (κ3) is 6.21. The van der Waals surface area contributed by atoms with Crippen molar-refractivity contribution in [2.75, 3.05) is 0 Å². The van der Waals surface area contributed by atoms with Crippen LogP contribution in [0.25, 0.3) is 0 Å². The molecule has 0 aliphatic heterocycles. The van der Waals surface area contributed by atoms with E-state index in [0.29, 0.717) is 0 Å². The predicted molar refractivity (Wildman–Crippen MR) is 43.2 cm³/mol. The molecule has 0 aromatic rings. The highest BCUT2D eigenvalue weighted by atomic mass is 79.9. The van der Waals surface area contributed by atoms with Gasteiger partial charge in [-0.05, 0) is 19.6 Å². The number of carbonyl (C=O) groups is 1. The second kappa shape index (κ2) is 3.48. The molecule has 0 saturated carbocycles. The molecular weight excluding hydrogens is 200 g/mol. The van der Waals surface area contributed by atoms with Crippen LogP contribution in [-0.2, 0) is 9.22 Å². The van der Waals surface area contributed by atoms with E-state index >= 15 is 0 Å². The van der Waals surface area contributed by atoms with Gasteiger partial charge in [-0.1, -0.05) is 15.9 Å². The van der Waals surface area contributed by atoms with Crippen LogP contribution in [0.4, 0.5) is 0 Å². The van der Waals surface area contributed by atoms with Crippen molar-refractivity contribution in [2.24, 2.45) is 0 Å². The molecule has 0 aromatic heterocycles. The summed E-state index contributed by atoms with van der Waals surface area (Å²) in [6, 6.07) is 0. The van der Waals surface area contributed by atoms with Gasteiger partial charge < -0.3 is 4.43 Å². The average Bonchev–Trinajstić information content (AvgIpc) is 1.62. The number of halogens is 1. The Bertz CT molecular complexity index is 99.6. The smallest absolute Gasteiger partial charge is 0.185 e. The highest BCUT2D eigenvalue weighted by Gasteiger charge is 2.17. The lowest BCUT2D eigenvalue weighted by atomic mass is 10.9. The molecule has 9 heavy (non-hydrogen) atoms. The van der Waals surface area contributed by atoms with Gasteiger partial charge in [-0.2, -0.15) is 0 Å². The summed E-state index contributed by atoms with van der Waals surface area (Å²) >= 11 is 3.06. The predicted octanol–water partition coefficient (Wildman–Crippen LogP) is 1.76. The summed E-state index contributed by atoms with van der Waals surface area (Å²) in [5.74, 6) is 0. The molecular formula is C5H11BrO2Si. The molecule has 54 valence electrons. The second-order valence-corrected chi connectivity index (χ2v) is 8.08. The van der Waals surface area contributed by atoms with Crippen molar-refractivity contribution >= 4 is 30.5 Å². The number of hydrogen-bond acceptors (Lipinski definition) is 2. The molecule has 0 aromatic carbocycles. The van der Waals surface area contributed by atoms with Crippen molar-refractivity contribution in [2.45, 2.75) is 24.7 Å². The van der Waals surface area contributed by atoms with Gasteiger partial charge in [-0.25, -0.2) is 0 Å². The van der Waals surface area contributed by atoms with Gasteiger partial charge >= 0.3 is 0 Å². The fraction of sp³-hybridized carbons (Fsp3) is 0.800. The van der Waals surface area contributed by atoms with E-state index in [2.05, 4.69) is 15.9 Å². The Kier molecular flexibility index (Phi) is 3.61. The lowest BCUT2D eigenvalue weighted by molar-refractivity contribution is -0.110. The SMILES string of the molecule is C[Si](C)(C)OC(Br)C=O. The summed E-state index contributed by atoms with van der Waals surface area (Å²) in [7, 11) is -1.52. The maximum atomic E-state index is 10.0. The lowest BCUT2D eigenvalue weighted by Gasteiger charge is -2.17. The second-order valence-electron chi connectivity index (χ2n) is 2.72. The summed E-state index contributed by atoms with van der Waals surface area (Å²) < 4.78 is 5.27. The highest BCUT2D eigenvalue weighted by molar-refractivity contribution is 9.09. The maximum Gasteiger partial charge on any atom is 0.185 e. The van der Waals surface area contributed by atoms with Crippen molar-refractivity contribution in [3.05, 3.63) is 0 Å². The Balaban J connectivity index is 3.59. The summed E-state index contributed by atoms with van der Waals surface area (Å²) in [5.41, 5.74) is 0. The largest absolute Gasteiger partial charge is 0.399 e. The van der Waals surface area contributed by atoms with Gasteiger partial charge in [-0.15, -0.1) is 0 Å². The van der Waals surface area contributed by atoms with Gasteiger partial charge in [0.15, 0.2) is 19.6 Å². The molecule has 0 spiro atoms. The van der Waals surface area contributed by atoms with E-state index in [1.165, 1.54) is 0 Å². The first-order valence-electron chi connectivity index (χ1n) is 2.73. The molecule has 0 amide bonds. The number of hydrogen-bond donors (Lipinski definition) is 0. The molecule has 0 aliphatic rings. The fourth-order valence-electron chi connectivity index (χ4n) is 0.366. The van der Waals surface area contributed by atoms with Gasteiger partial charge in [0.2, 0.25) is 0 Å². The topological polar surface area (TPSA) is 26.3 Å². The zero-order valence-electron chi connectivity index (χ0n) is 5.85. The van der Waals surface area contributed by atoms with Crippen molar-refractivity contribution in [1.29, 1.82) is 0 Å². The molecule has 0 rings (SSSR count). The zero-order valence-corrected chi connectivity index (χ0v) is 8.44. The average molecular weight is 211 g/mol. The molecule has 1 atom stereocenters. The monoisotopic (exact) mass is 210 g/mol. The first-order chi connectivity index (χ1) is 3.95. The van der Waals surface area contributed by atoms with Crippen LogP contribution in [0.15, 0.2) is 0 Å². The fourth-order valence-corrected chi connectivity index (χ4v) is 2.78. The molecule has 2 nitrogen and oxygen atoms in total. The van der Waals surface area contributed by atoms with Gasteiger partial charge in [0.1, 0.15) is 0 Å². The Labute approximate surface area is 64.8 Å². The van der Waals surface area contributed by atoms with Crippen molar-refractivity contribution in [3.63, 3.8) is 0 Å². The van der Waals surface area contributed by atoms with Crippen molar-refractivity contribution in [3.8, 4) is 0 Å². The zero-order chi connectivity index (χ0) is 7.49. The minimum Gasteiger partial charge on any atom is -0.399 e. The van der Waals surface area contributed by atoms with E-state index in [-0.39, 0.29) is 0 Å². The number of rotatable bonds is 3. The molecule has 0 fully saturated rings. The maximum absolute atomic E-state index is 10.0. The van der Waals surface area contributed by atoms with E-state index in [0.717, 1.165) is 6.29 Å². The van der Waals surface area contributed by atoms with Crippen molar-refractivity contribution < 1.29 is 9.22 Å². The van der Waals surface area contributed by atoms with Gasteiger partial charge in [0, 0.05) is 0 Å². The van der Waals surface area contributed by atoms with Crippen LogP contribution >= 0.6 is 15.9 Å². The summed E-state index contributed by atoms with van der Waals surface area (Å²) in [6.07, 6.45) is 0.748. The first-order valence-corrected chi connectivity index (χ1v) is 7.05. The Morgan fingerprint density at radius 1 is 1.56 bits per heavy atom. The van der Waals surface area contributed by atoms with Crippen molar-refractivity contribution in [1.82, 2.24) is 0 Å². The molecule has 0 saturated heterocycles. The van der Waals surface area contributed by atoms with Gasteiger partial charge in [0.05, 0.1) is 0 Å². The van der Waals surface area contributed by atoms with Gasteiger partial charge in [0.25, 0.3) is 0 Å². The van der Waals surface area contributed by atoms with Gasteiger partial charge in [-0.3, -0.25) is 4.79 Å². The third-order valence-electron chi connectivity index (χ3n) is 0.573. The number of alkyl halides is 1. The molecule has 0 heterocycles. The molecule has 0 N–H and O–H groups in total. The Morgan fingerprint density at radius 3 is 2.11 bits per heavy atom. The minimum atomic E-state index is -1.52. The standard InChI is InChI=1S/C5H11BrO2Si/c1-9(2,3)8-5(6)4-7/h4-5H,1-3H3. The van der Waals surface area contributed by atoms with Crippen LogP contribution in [0, 0.1) is 0 Å². The lowest BCUT2D eigenvalue weighted by Crippen LogP contribution is -2.29. The number of carbonyl (C=O) groups excluding carboxylic acids is 1. The normalized spacial score (nSPS) is 15.1. The highest BCUT2D eigenvalue weighted by Crippen LogP contribution is 2.09. The minimum absolute atomic E-state index is 0.413. The Morgan fingerprint density at radius 2 is 2.00 bits per heavy atom. The summed E-state index contributed by atoms with van der Waals surface area (Å²) in [6.45, 7) is 6.10. The van der Waals surface area contributed by atoms with E-state index in [9.17, 15) is 4.79 Å². The quantitative estimate of drug-likeness (QED) is 0.404. The van der Waals surface area contributed by atoms with Crippen LogP contribution in [-0.4, -0.2) is 19.6 Å². The van der Waals surface area contributed by atoms with E-state index in [1.54, 1.807) is 0 Å². The van der Waals surface area contributed by atoms with E-state index < -0.39 is 13.3 Å². The van der Waals surface area contributed by atoms with Crippen LogP contribution in [0.1, 0.15) is 0 Å². The summed E-state index contributed by atoms with van der Waals surface area (Å²) in [4.78, 5) is 10.0. The third-order valence-corrected chi connectivity index (χ3v) is 2.28. The number of aldehydes is 1. The van der Waals surface area contributed by atoms with E-state index in [4.69, 9.17) is 4.43 Å². The Hall–Kier alpha value is 0.327.